The molecule has 1 fully saturated rings. The summed E-state index contributed by atoms with van der Waals surface area (Å²) in [6.07, 6.45) is 1.40. The summed E-state index contributed by atoms with van der Waals surface area (Å²) < 4.78 is 14.6. The van der Waals surface area contributed by atoms with Crippen LogP contribution in [0.3, 0.4) is 0 Å². The summed E-state index contributed by atoms with van der Waals surface area (Å²) in [5, 5.41) is 20.9. The number of β-lactam (4-membered cyclic amide) rings is 1. The van der Waals surface area contributed by atoms with Gasteiger partial charge in [-0.3, -0.25) is 9.59 Å². The molecule has 140 valence electrons. The number of amides is 2. The molecule has 0 aliphatic carbocycles. The Labute approximate surface area is 160 Å². The van der Waals surface area contributed by atoms with Crippen LogP contribution in [-0.4, -0.2) is 29.0 Å². The Morgan fingerprint density at radius 3 is 2.54 bits per heavy atom. The summed E-state index contributed by atoms with van der Waals surface area (Å²) >= 11 is 0. The molecule has 0 radical (unpaired) electrons. The molecule has 0 spiro atoms. The second-order valence-electron chi connectivity index (χ2n) is 6.36. The monoisotopic (exact) mass is 377 g/mol. The average molecular weight is 377 g/mol. The van der Waals surface area contributed by atoms with Gasteiger partial charge in [0.25, 0.3) is 11.8 Å². The van der Waals surface area contributed by atoms with Gasteiger partial charge >= 0.3 is 0 Å². The molecule has 0 saturated carbocycles. The zero-order valence-electron chi connectivity index (χ0n) is 15.2. The Morgan fingerprint density at radius 1 is 1.32 bits per heavy atom. The summed E-state index contributed by atoms with van der Waals surface area (Å²) in [6.45, 7) is 2.01. The molecule has 0 bridgehead atoms. The van der Waals surface area contributed by atoms with Crippen LogP contribution in [0.2, 0.25) is 0 Å². The van der Waals surface area contributed by atoms with E-state index in [2.05, 4.69) is 5.32 Å². The number of benzene rings is 1. The molecular weight excluding hydrogens is 361 g/mol. The Bertz CT molecular complexity index is 1070. The summed E-state index contributed by atoms with van der Waals surface area (Å²) in [5.41, 5.74) is 2.10. The molecular formula is C20H16FN5O2. The zero-order valence-corrected chi connectivity index (χ0v) is 15.2. The van der Waals surface area contributed by atoms with Gasteiger partial charge in [-0.1, -0.05) is 0 Å². The van der Waals surface area contributed by atoms with Crippen LogP contribution in [0.1, 0.15) is 17.0 Å². The van der Waals surface area contributed by atoms with E-state index in [4.69, 9.17) is 5.26 Å². The molecule has 1 aliphatic heterocycles. The smallest absolute Gasteiger partial charge is 0.262 e. The topological polar surface area (TPSA) is 102 Å². The van der Waals surface area contributed by atoms with E-state index in [-0.39, 0.29) is 18.0 Å². The first-order valence-corrected chi connectivity index (χ1v) is 8.41. The van der Waals surface area contributed by atoms with E-state index >= 15 is 0 Å². The van der Waals surface area contributed by atoms with Crippen LogP contribution in [-0.2, 0) is 16.6 Å². The second-order valence-corrected chi connectivity index (χ2v) is 6.36. The Hall–Kier alpha value is -3.91. The van der Waals surface area contributed by atoms with E-state index in [0.717, 1.165) is 5.69 Å². The fourth-order valence-electron chi connectivity index (χ4n) is 2.90. The maximum atomic E-state index is 13.0. The summed E-state index contributed by atoms with van der Waals surface area (Å²) in [7, 11) is 1.72. The van der Waals surface area contributed by atoms with Crippen molar-refractivity contribution in [3.63, 3.8) is 0 Å². The van der Waals surface area contributed by atoms with Gasteiger partial charge in [-0.25, -0.2) is 4.39 Å². The van der Waals surface area contributed by atoms with Gasteiger partial charge in [-0.15, -0.1) is 0 Å². The fraction of sp³-hybridized carbons (Fsp3) is 0.200. The van der Waals surface area contributed by atoms with Gasteiger partial charge < -0.3 is 14.8 Å². The van der Waals surface area contributed by atoms with E-state index in [1.165, 1.54) is 35.2 Å². The third kappa shape index (κ3) is 3.36. The van der Waals surface area contributed by atoms with Crippen molar-refractivity contribution in [1.29, 1.82) is 10.5 Å². The van der Waals surface area contributed by atoms with Gasteiger partial charge in [0.2, 0.25) is 0 Å². The van der Waals surface area contributed by atoms with Crippen molar-refractivity contribution in [1.82, 2.24) is 9.88 Å². The van der Waals surface area contributed by atoms with Crippen LogP contribution in [0.25, 0.3) is 6.08 Å². The lowest BCUT2D eigenvalue weighted by atomic mass is 10.0. The minimum Gasteiger partial charge on any atom is -0.339 e. The van der Waals surface area contributed by atoms with Crippen molar-refractivity contribution >= 4 is 23.6 Å². The molecule has 7 nitrogen and oxygen atoms in total. The number of anilines is 1. The minimum absolute atomic E-state index is 0.161. The molecule has 1 aromatic heterocycles. The van der Waals surface area contributed by atoms with Crippen molar-refractivity contribution in [3.8, 4) is 12.1 Å². The van der Waals surface area contributed by atoms with Crippen LogP contribution in [0.5, 0.6) is 0 Å². The van der Waals surface area contributed by atoms with Gasteiger partial charge in [0.1, 0.15) is 35.3 Å². The molecule has 3 rings (SSSR count). The van der Waals surface area contributed by atoms with Crippen LogP contribution in [0.4, 0.5) is 10.1 Å². The molecule has 1 aliphatic rings. The van der Waals surface area contributed by atoms with Gasteiger partial charge in [0.05, 0.1) is 6.54 Å². The van der Waals surface area contributed by atoms with Crippen LogP contribution >= 0.6 is 0 Å². The highest BCUT2D eigenvalue weighted by Crippen LogP contribution is 2.23. The van der Waals surface area contributed by atoms with Gasteiger partial charge in [-0.05, 0) is 48.9 Å². The summed E-state index contributed by atoms with van der Waals surface area (Å²) in [6, 6.07) is 10.2. The van der Waals surface area contributed by atoms with Gasteiger partial charge in [-0.2, -0.15) is 10.5 Å². The zero-order chi connectivity index (χ0) is 20.4. The van der Waals surface area contributed by atoms with E-state index < -0.39 is 17.8 Å². The first-order valence-electron chi connectivity index (χ1n) is 8.41. The Balaban J connectivity index is 1.70. The molecule has 2 heterocycles. The number of nitrogens with one attached hydrogen (secondary N) is 1. The first-order chi connectivity index (χ1) is 13.3. The number of carbonyl (C=O) groups is 2. The first kappa shape index (κ1) is 18.9. The van der Waals surface area contributed by atoms with E-state index in [1.807, 2.05) is 12.1 Å². The maximum absolute atomic E-state index is 13.0. The number of carbonyl (C=O) groups excluding carboxylic acids is 2. The molecule has 1 N–H and O–H groups in total. The minimum atomic E-state index is -0.749. The van der Waals surface area contributed by atoms with Crippen LogP contribution < -0.4 is 10.2 Å². The highest BCUT2D eigenvalue weighted by molar-refractivity contribution is 6.09. The lowest BCUT2D eigenvalue weighted by Gasteiger charge is -2.38. The third-order valence-corrected chi connectivity index (χ3v) is 4.73. The van der Waals surface area contributed by atoms with E-state index in [1.54, 1.807) is 24.6 Å². The van der Waals surface area contributed by atoms with Crippen molar-refractivity contribution in [2.45, 2.75) is 13.0 Å². The second kappa shape index (κ2) is 7.37. The molecule has 28 heavy (non-hydrogen) atoms. The van der Waals surface area contributed by atoms with Crippen LogP contribution in [0.15, 0.2) is 35.9 Å². The van der Waals surface area contributed by atoms with Gasteiger partial charge in [0.15, 0.2) is 0 Å². The van der Waals surface area contributed by atoms with Gasteiger partial charge in [0, 0.05) is 18.4 Å². The normalized spacial score (nSPS) is 16.2. The predicted molar refractivity (Wildman–Crippen MR) is 99.1 cm³/mol. The quantitative estimate of drug-likeness (QED) is 0.498. The largest absolute Gasteiger partial charge is 0.339 e. The van der Waals surface area contributed by atoms with Crippen molar-refractivity contribution in [2.24, 2.45) is 7.05 Å². The summed E-state index contributed by atoms with van der Waals surface area (Å²) in [4.78, 5) is 26.1. The molecule has 1 unspecified atom stereocenters. The lowest BCUT2D eigenvalue weighted by molar-refractivity contribution is -0.129. The van der Waals surface area contributed by atoms with Crippen molar-refractivity contribution in [2.75, 3.05) is 11.4 Å². The third-order valence-electron chi connectivity index (χ3n) is 4.73. The Kier molecular flexibility index (Phi) is 4.97. The standard InChI is InChI=1S/C20H16FN5O2/c1-12-13(8-17(10-23)25(12)2)7-14(9-22)19(27)24-18-11-26(20(18)28)16-5-3-15(21)4-6-16/h3-8,18H,11H2,1-2H3,(H,24,27). The predicted octanol–water partition coefficient (Wildman–Crippen LogP) is 1.78. The molecule has 2 amide bonds. The maximum Gasteiger partial charge on any atom is 0.262 e. The van der Waals surface area contributed by atoms with E-state index in [9.17, 15) is 19.2 Å². The lowest BCUT2D eigenvalue weighted by Crippen LogP contribution is -2.64. The molecule has 1 aromatic carbocycles. The molecule has 2 aromatic rings. The number of nitrogens with zero attached hydrogens (tertiary/aromatic N) is 4. The molecule has 1 atom stereocenters. The number of aromatic nitrogens is 1. The van der Waals surface area contributed by atoms with Crippen LogP contribution in [0, 0.1) is 35.4 Å². The average Bonchev–Trinajstić information content (AvgIpc) is 2.97. The highest BCUT2D eigenvalue weighted by Gasteiger charge is 2.39. The number of hydrogen-bond donors (Lipinski definition) is 1. The van der Waals surface area contributed by atoms with Crippen molar-refractivity contribution in [3.05, 3.63) is 58.7 Å². The fourth-order valence-corrected chi connectivity index (χ4v) is 2.90. The number of rotatable bonds is 4. The number of hydrogen-bond acceptors (Lipinski definition) is 4. The highest BCUT2D eigenvalue weighted by atomic mass is 19.1. The number of nitriles is 2. The number of halogens is 1. The van der Waals surface area contributed by atoms with E-state index in [0.29, 0.717) is 16.9 Å². The summed E-state index contributed by atoms with van der Waals surface area (Å²) in [5.74, 6) is -1.40. The van der Waals surface area contributed by atoms with Crippen molar-refractivity contribution < 1.29 is 14.0 Å². The molecule has 1 saturated heterocycles. The SMILES string of the molecule is Cc1c(C=C(C#N)C(=O)NC2CN(c3ccc(F)cc3)C2=O)cc(C#N)n1C. The molecule has 8 heteroatoms. The Morgan fingerprint density at radius 2 is 2.00 bits per heavy atom.